The first-order valence-electron chi connectivity index (χ1n) is 6.92. The molecule has 0 atom stereocenters. The SMILES string of the molecule is ClCCNP1(NCCCl)=NP(Cl)(Cl)=NP(NCCCl)(NCCCl)=N1. The first kappa shape index (κ1) is 24.3. The van der Waals surface area contributed by atoms with E-state index >= 15 is 0 Å². The van der Waals surface area contributed by atoms with Crippen LogP contribution < -0.4 is 20.3 Å². The normalized spacial score (nSPS) is 20.8. The smallest absolute Gasteiger partial charge is 0.252 e. The van der Waals surface area contributed by atoms with Crippen LogP contribution in [0.25, 0.3) is 0 Å². The van der Waals surface area contributed by atoms with Gasteiger partial charge in [0.2, 0.25) is 15.0 Å². The largest absolute Gasteiger partial charge is 0.257 e. The molecule has 0 aromatic heterocycles. The van der Waals surface area contributed by atoms with Crippen LogP contribution in [0.1, 0.15) is 0 Å². The summed E-state index contributed by atoms with van der Waals surface area (Å²) in [5, 5.41) is 13.0. The minimum absolute atomic E-state index is 0.387. The lowest BCUT2D eigenvalue weighted by molar-refractivity contribution is 0.913. The molecular formula is C8H20Cl6N7P3. The van der Waals surface area contributed by atoms with Gasteiger partial charge in [-0.15, -0.1) is 46.4 Å². The average Bonchev–Trinajstić information content (AvgIpc) is 2.53. The summed E-state index contributed by atoms with van der Waals surface area (Å²) in [5.41, 5.74) is 0. The summed E-state index contributed by atoms with van der Waals surface area (Å²) in [4.78, 5) is 0. The van der Waals surface area contributed by atoms with Crippen LogP contribution in [0.3, 0.4) is 0 Å². The van der Waals surface area contributed by atoms with Gasteiger partial charge in [0.1, 0.15) is 0 Å². The third kappa shape index (κ3) is 8.10. The molecule has 16 heteroatoms. The van der Waals surface area contributed by atoms with Gasteiger partial charge in [-0.25, -0.2) is 0 Å². The molecule has 1 rings (SSSR count). The topological polar surface area (TPSA) is 85.2 Å². The molecule has 4 N–H and O–H groups in total. The van der Waals surface area contributed by atoms with E-state index in [9.17, 15) is 0 Å². The van der Waals surface area contributed by atoms with Crippen molar-refractivity contribution in [2.24, 2.45) is 13.5 Å². The minimum Gasteiger partial charge on any atom is -0.252 e. The van der Waals surface area contributed by atoms with Crippen molar-refractivity contribution in [3.8, 4) is 0 Å². The Balaban J connectivity index is 3.40. The Bertz CT molecular complexity index is 509. The molecule has 0 bridgehead atoms. The van der Waals surface area contributed by atoms with E-state index in [1.165, 1.54) is 0 Å². The lowest BCUT2D eigenvalue weighted by Gasteiger charge is -2.33. The average molecular weight is 520 g/mol. The number of nitrogens with zero attached hydrogens (tertiary/aromatic N) is 3. The number of nitrogens with one attached hydrogen (secondary N) is 4. The molecule has 24 heavy (non-hydrogen) atoms. The zero-order valence-electron chi connectivity index (χ0n) is 12.6. The molecule has 0 unspecified atom stereocenters. The number of alkyl halides is 4. The third-order valence-electron chi connectivity index (χ3n) is 2.44. The maximum absolute atomic E-state index is 6.40. The van der Waals surface area contributed by atoms with Crippen LogP contribution in [0.2, 0.25) is 0 Å². The minimum atomic E-state index is -2.96. The van der Waals surface area contributed by atoms with Crippen LogP contribution in [0.15, 0.2) is 13.5 Å². The Morgan fingerprint density at radius 1 is 0.542 bits per heavy atom. The molecule has 0 radical (unpaired) electrons. The van der Waals surface area contributed by atoms with Gasteiger partial charge in [0.25, 0.3) is 5.91 Å². The van der Waals surface area contributed by atoms with Crippen LogP contribution in [0, 0.1) is 0 Å². The van der Waals surface area contributed by atoms with Gasteiger partial charge in [0, 0.05) is 49.7 Å². The summed E-state index contributed by atoms with van der Waals surface area (Å²) in [6, 6.07) is 0. The van der Waals surface area contributed by atoms with E-state index in [1.54, 1.807) is 0 Å². The molecule has 0 aliphatic carbocycles. The first-order valence-corrected chi connectivity index (χ1v) is 15.9. The first-order chi connectivity index (χ1) is 11.4. The van der Waals surface area contributed by atoms with Crippen molar-refractivity contribution in [1.29, 1.82) is 0 Å². The van der Waals surface area contributed by atoms with Crippen molar-refractivity contribution in [3.05, 3.63) is 0 Å². The van der Waals surface area contributed by atoms with Gasteiger partial charge in [0.15, 0.2) is 0 Å². The maximum atomic E-state index is 6.40. The van der Waals surface area contributed by atoms with Gasteiger partial charge in [-0.2, -0.15) is 13.5 Å². The lowest BCUT2D eigenvalue weighted by atomic mass is 10.8. The number of hydrogen-bond donors (Lipinski definition) is 4. The van der Waals surface area contributed by atoms with Crippen LogP contribution in [-0.2, 0) is 0 Å². The van der Waals surface area contributed by atoms with Crippen LogP contribution in [0.5, 0.6) is 0 Å². The fourth-order valence-electron chi connectivity index (χ4n) is 1.71. The summed E-state index contributed by atoms with van der Waals surface area (Å²) in [6.45, 7) is 1.93. The Morgan fingerprint density at radius 2 is 0.875 bits per heavy atom. The summed E-state index contributed by atoms with van der Waals surface area (Å²) < 4.78 is 13.8. The van der Waals surface area contributed by atoms with E-state index in [0.717, 1.165) is 0 Å². The van der Waals surface area contributed by atoms with Crippen molar-refractivity contribution in [1.82, 2.24) is 20.3 Å². The fraction of sp³-hybridized carbons (Fsp3) is 1.00. The predicted molar refractivity (Wildman–Crippen MR) is 115 cm³/mol. The Morgan fingerprint density at radius 3 is 1.21 bits per heavy atom. The number of halogens is 6. The highest BCUT2D eigenvalue weighted by atomic mass is 35.9. The second-order valence-electron chi connectivity index (χ2n) is 4.31. The molecule has 0 aromatic rings. The highest BCUT2D eigenvalue weighted by molar-refractivity contribution is 8.13. The molecule has 144 valence electrons. The molecule has 1 heterocycles. The Hall–Kier alpha value is 2.27. The summed E-state index contributed by atoms with van der Waals surface area (Å²) in [7, 11) is -5.27. The molecule has 0 fully saturated rings. The Kier molecular flexibility index (Phi) is 12.1. The van der Waals surface area contributed by atoms with E-state index in [0.29, 0.717) is 49.7 Å². The molecule has 0 amide bonds. The zero-order valence-corrected chi connectivity index (χ0v) is 19.8. The molecule has 0 aromatic carbocycles. The van der Waals surface area contributed by atoms with Crippen LogP contribution >= 0.6 is 89.8 Å². The molecule has 7 nitrogen and oxygen atoms in total. The summed E-state index contributed by atoms with van der Waals surface area (Å²) in [6.07, 6.45) is 0. The monoisotopic (exact) mass is 517 g/mol. The lowest BCUT2D eigenvalue weighted by Crippen LogP contribution is -2.29. The second-order valence-corrected chi connectivity index (χ2v) is 15.9. The fourth-order valence-corrected chi connectivity index (χ4v) is 15.5. The summed E-state index contributed by atoms with van der Waals surface area (Å²) in [5.74, 6) is -1.42. The zero-order chi connectivity index (χ0) is 18.1. The highest BCUT2D eigenvalue weighted by Crippen LogP contribution is 2.78. The van der Waals surface area contributed by atoms with Crippen molar-refractivity contribution in [2.45, 2.75) is 0 Å². The molecule has 1 aliphatic rings. The van der Waals surface area contributed by atoms with Crippen LogP contribution in [0.4, 0.5) is 0 Å². The summed E-state index contributed by atoms with van der Waals surface area (Å²) >= 11 is 36.0. The van der Waals surface area contributed by atoms with E-state index in [1.807, 2.05) is 0 Å². The molecule has 0 saturated heterocycles. The maximum Gasteiger partial charge on any atom is 0.257 e. The van der Waals surface area contributed by atoms with E-state index < -0.39 is 20.9 Å². The van der Waals surface area contributed by atoms with Crippen molar-refractivity contribution in [2.75, 3.05) is 49.7 Å². The van der Waals surface area contributed by atoms with Gasteiger partial charge in [-0.1, -0.05) is 0 Å². The van der Waals surface area contributed by atoms with Gasteiger partial charge in [-0.05, 0) is 22.5 Å². The van der Waals surface area contributed by atoms with Crippen LogP contribution in [-0.4, -0.2) is 49.7 Å². The van der Waals surface area contributed by atoms with E-state index in [4.69, 9.17) is 73.4 Å². The van der Waals surface area contributed by atoms with Crippen molar-refractivity contribution in [3.63, 3.8) is 0 Å². The predicted octanol–water partition coefficient (Wildman–Crippen LogP) is 5.63. The third-order valence-corrected chi connectivity index (χ3v) is 14.2. The van der Waals surface area contributed by atoms with Crippen molar-refractivity contribution >= 4 is 89.8 Å². The number of hydrogen-bond acceptors (Lipinski definition) is 7. The van der Waals surface area contributed by atoms with Gasteiger partial charge < -0.3 is 0 Å². The van der Waals surface area contributed by atoms with E-state index in [-0.39, 0.29) is 0 Å². The molecule has 0 saturated carbocycles. The van der Waals surface area contributed by atoms with Gasteiger partial charge in [-0.3, -0.25) is 20.3 Å². The van der Waals surface area contributed by atoms with Gasteiger partial charge in [0.05, 0.1) is 0 Å². The molecule has 0 spiro atoms. The van der Waals surface area contributed by atoms with Crippen molar-refractivity contribution < 1.29 is 0 Å². The standard InChI is InChI=1S/C8H20Cl6N7P3/c9-1-5-15-23(16-6-2-10)19-22(13,14)20-24(21-23,17-7-3-11)18-8-4-12/h15-18H,1-8H2. The van der Waals surface area contributed by atoms with E-state index in [2.05, 4.69) is 29.4 Å². The number of rotatable bonds is 12. The molecule has 1 aliphatic heterocycles. The molecular weight excluding hydrogens is 500 g/mol. The van der Waals surface area contributed by atoms with Gasteiger partial charge >= 0.3 is 0 Å². The Labute approximate surface area is 172 Å². The second kappa shape index (κ2) is 12.0. The highest BCUT2D eigenvalue weighted by Gasteiger charge is 2.34. The quantitative estimate of drug-likeness (QED) is 0.199.